The molecule has 8 nitrogen and oxygen atoms in total. The molecule has 2 rings (SSSR count). The molecule has 0 radical (unpaired) electrons. The molecule has 0 aliphatic carbocycles. The normalized spacial score (nSPS) is 12.3. The van der Waals surface area contributed by atoms with Gasteiger partial charge in [0.1, 0.15) is 12.4 Å². The molecule has 1 aromatic heterocycles. The van der Waals surface area contributed by atoms with Crippen LogP contribution in [0.15, 0.2) is 47.8 Å². The Morgan fingerprint density at radius 2 is 1.93 bits per heavy atom. The number of aromatic nitrogens is 1. The largest absolute Gasteiger partial charge is 0.490 e. The topological polar surface area (TPSA) is 99.5 Å². The maximum absolute atomic E-state index is 11.1. The van der Waals surface area contributed by atoms with Gasteiger partial charge >= 0.3 is 5.97 Å². The Bertz CT molecular complexity index is 790. The number of oxime groups is 1. The predicted octanol–water partition coefficient (Wildman–Crippen LogP) is 2.94. The van der Waals surface area contributed by atoms with Gasteiger partial charge in [0.05, 0.1) is 12.8 Å². The van der Waals surface area contributed by atoms with Crippen LogP contribution in [-0.4, -0.2) is 54.8 Å². The van der Waals surface area contributed by atoms with E-state index in [0.29, 0.717) is 37.0 Å². The number of nitrogens with zero attached hydrogens (tertiary/aromatic N) is 2. The lowest BCUT2D eigenvalue weighted by molar-refractivity contribution is -0.149. The fraction of sp³-hybridized carbons (Fsp3) is 0.381. The van der Waals surface area contributed by atoms with Gasteiger partial charge in [-0.15, -0.1) is 0 Å². The first-order valence-corrected chi connectivity index (χ1v) is 9.26. The zero-order chi connectivity index (χ0) is 21.1. The van der Waals surface area contributed by atoms with Crippen molar-refractivity contribution in [1.29, 1.82) is 0 Å². The Morgan fingerprint density at radius 3 is 2.52 bits per heavy atom. The zero-order valence-corrected chi connectivity index (χ0v) is 16.8. The molecule has 2 aromatic rings. The third-order valence-electron chi connectivity index (χ3n) is 4.00. The molecule has 1 N–H and O–H groups in total. The minimum Gasteiger partial charge on any atom is -0.490 e. The minimum atomic E-state index is -0.967. The number of carbonyl (C=O) groups is 1. The van der Waals surface area contributed by atoms with E-state index >= 15 is 0 Å². The number of carboxylic acid groups (broad SMARTS) is 1. The molecule has 1 atom stereocenters. The molecule has 8 heteroatoms. The standard InChI is InChI=1S/C21H26N2O6/c1-4-27-19(21(24)25)13-16-5-8-18(9-6-16)28-11-12-29-23-15(2)17-7-10-20(26-3)22-14-17/h5-10,14,19H,4,11-13H2,1-3H3,(H,24,25)/b23-15-. The minimum absolute atomic E-state index is 0.286. The summed E-state index contributed by atoms with van der Waals surface area (Å²) < 4.78 is 15.9. The van der Waals surface area contributed by atoms with E-state index in [0.717, 1.165) is 11.1 Å². The molecular weight excluding hydrogens is 376 g/mol. The molecule has 0 saturated heterocycles. The molecule has 0 spiro atoms. The molecule has 1 aromatic carbocycles. The van der Waals surface area contributed by atoms with Crippen LogP contribution >= 0.6 is 0 Å². The number of methoxy groups -OCH3 is 1. The number of hydrogen-bond acceptors (Lipinski definition) is 7. The molecule has 0 bridgehead atoms. The average Bonchev–Trinajstić information content (AvgIpc) is 2.74. The summed E-state index contributed by atoms with van der Waals surface area (Å²) in [4.78, 5) is 20.6. The second kappa shape index (κ2) is 11.7. The van der Waals surface area contributed by atoms with Gasteiger partial charge in [0, 0.05) is 30.9 Å². The van der Waals surface area contributed by atoms with E-state index < -0.39 is 12.1 Å². The van der Waals surface area contributed by atoms with E-state index in [4.69, 9.17) is 24.2 Å². The van der Waals surface area contributed by atoms with Crippen molar-refractivity contribution in [3.63, 3.8) is 0 Å². The van der Waals surface area contributed by atoms with E-state index in [-0.39, 0.29) is 6.61 Å². The molecule has 0 amide bonds. The SMILES string of the molecule is CCOC(Cc1ccc(OCCO/N=C(/C)c2ccc(OC)nc2)cc1)C(=O)O. The second-order valence-electron chi connectivity index (χ2n) is 6.08. The smallest absolute Gasteiger partial charge is 0.333 e. The number of ether oxygens (including phenoxy) is 3. The van der Waals surface area contributed by atoms with Gasteiger partial charge in [-0.1, -0.05) is 17.3 Å². The molecule has 29 heavy (non-hydrogen) atoms. The first-order chi connectivity index (χ1) is 14.0. The van der Waals surface area contributed by atoms with Crippen molar-refractivity contribution in [3.05, 3.63) is 53.7 Å². The first-order valence-electron chi connectivity index (χ1n) is 9.26. The fourth-order valence-corrected chi connectivity index (χ4v) is 2.46. The number of hydrogen-bond donors (Lipinski definition) is 1. The molecule has 156 valence electrons. The summed E-state index contributed by atoms with van der Waals surface area (Å²) in [6, 6.07) is 10.8. The van der Waals surface area contributed by atoms with E-state index in [1.807, 2.05) is 25.1 Å². The van der Waals surface area contributed by atoms with Crippen molar-refractivity contribution in [2.75, 3.05) is 26.9 Å². The summed E-state index contributed by atoms with van der Waals surface area (Å²) in [6.45, 7) is 4.57. The van der Waals surface area contributed by atoms with Crippen LogP contribution < -0.4 is 9.47 Å². The van der Waals surface area contributed by atoms with Crippen LogP contribution in [0.25, 0.3) is 0 Å². The lowest BCUT2D eigenvalue weighted by atomic mass is 10.1. The van der Waals surface area contributed by atoms with Crippen LogP contribution in [-0.2, 0) is 20.8 Å². The third-order valence-corrected chi connectivity index (χ3v) is 4.00. The monoisotopic (exact) mass is 402 g/mol. The maximum atomic E-state index is 11.1. The molecule has 1 heterocycles. The van der Waals surface area contributed by atoms with Crippen molar-refractivity contribution < 1.29 is 28.9 Å². The summed E-state index contributed by atoms with van der Waals surface area (Å²) in [5.41, 5.74) is 2.41. The zero-order valence-electron chi connectivity index (χ0n) is 16.8. The molecule has 0 aliphatic rings. The lowest BCUT2D eigenvalue weighted by Crippen LogP contribution is -2.26. The van der Waals surface area contributed by atoms with Crippen LogP contribution in [0.4, 0.5) is 0 Å². The van der Waals surface area contributed by atoms with Crippen molar-refractivity contribution in [1.82, 2.24) is 4.98 Å². The highest BCUT2D eigenvalue weighted by atomic mass is 16.6. The van der Waals surface area contributed by atoms with Crippen molar-refractivity contribution in [2.45, 2.75) is 26.4 Å². The van der Waals surface area contributed by atoms with Gasteiger partial charge < -0.3 is 24.2 Å². The third kappa shape index (κ3) is 7.42. The summed E-state index contributed by atoms with van der Waals surface area (Å²) in [5.74, 6) is 0.240. The summed E-state index contributed by atoms with van der Waals surface area (Å²) >= 11 is 0. The van der Waals surface area contributed by atoms with Gasteiger partial charge in [-0.3, -0.25) is 0 Å². The Morgan fingerprint density at radius 1 is 1.17 bits per heavy atom. The quantitative estimate of drug-likeness (QED) is 0.331. The van der Waals surface area contributed by atoms with Gasteiger partial charge in [0.15, 0.2) is 12.7 Å². The first kappa shape index (κ1) is 22.2. The summed E-state index contributed by atoms with van der Waals surface area (Å²) in [5, 5.41) is 13.2. The van der Waals surface area contributed by atoms with Crippen LogP contribution in [0.2, 0.25) is 0 Å². The fourth-order valence-electron chi connectivity index (χ4n) is 2.46. The Kier molecular flexibility index (Phi) is 8.91. The van der Waals surface area contributed by atoms with Crippen LogP contribution in [0.1, 0.15) is 25.0 Å². The van der Waals surface area contributed by atoms with Crippen molar-refractivity contribution >= 4 is 11.7 Å². The van der Waals surface area contributed by atoms with Gasteiger partial charge in [-0.05, 0) is 37.6 Å². The van der Waals surface area contributed by atoms with Crippen LogP contribution in [0.5, 0.6) is 11.6 Å². The number of pyridine rings is 1. The molecule has 0 saturated carbocycles. The highest BCUT2D eigenvalue weighted by Gasteiger charge is 2.17. The summed E-state index contributed by atoms with van der Waals surface area (Å²) in [7, 11) is 1.56. The van der Waals surface area contributed by atoms with Crippen LogP contribution in [0, 0.1) is 0 Å². The molecule has 0 fully saturated rings. The van der Waals surface area contributed by atoms with E-state index in [1.165, 1.54) is 0 Å². The van der Waals surface area contributed by atoms with E-state index in [1.54, 1.807) is 38.4 Å². The van der Waals surface area contributed by atoms with E-state index in [2.05, 4.69) is 10.1 Å². The lowest BCUT2D eigenvalue weighted by Gasteiger charge is -2.12. The van der Waals surface area contributed by atoms with Gasteiger partial charge in [-0.25, -0.2) is 9.78 Å². The Balaban J connectivity index is 1.75. The second-order valence-corrected chi connectivity index (χ2v) is 6.08. The van der Waals surface area contributed by atoms with Gasteiger partial charge in [0.2, 0.25) is 5.88 Å². The maximum Gasteiger partial charge on any atom is 0.333 e. The Hall–Kier alpha value is -3.13. The number of benzene rings is 1. The average molecular weight is 402 g/mol. The highest BCUT2D eigenvalue weighted by Crippen LogP contribution is 2.14. The van der Waals surface area contributed by atoms with Gasteiger partial charge in [-0.2, -0.15) is 0 Å². The molecule has 1 unspecified atom stereocenters. The summed E-state index contributed by atoms with van der Waals surface area (Å²) in [6.07, 6.45) is 1.13. The molecule has 0 aliphatic heterocycles. The van der Waals surface area contributed by atoms with Gasteiger partial charge in [0.25, 0.3) is 0 Å². The predicted molar refractivity (Wildman–Crippen MR) is 108 cm³/mol. The number of carboxylic acids is 1. The molecular formula is C21H26N2O6. The van der Waals surface area contributed by atoms with Crippen LogP contribution in [0.3, 0.4) is 0 Å². The van der Waals surface area contributed by atoms with Crippen molar-refractivity contribution in [2.24, 2.45) is 5.16 Å². The van der Waals surface area contributed by atoms with Crippen molar-refractivity contribution in [3.8, 4) is 11.6 Å². The highest BCUT2D eigenvalue weighted by molar-refractivity contribution is 5.98. The Labute approximate surface area is 170 Å². The number of aliphatic carboxylic acids is 1. The van der Waals surface area contributed by atoms with E-state index in [9.17, 15) is 4.79 Å². The number of rotatable bonds is 12.